The zero-order valence-corrected chi connectivity index (χ0v) is 8.22. The molecule has 0 aromatic carbocycles. The first kappa shape index (κ1) is 7.72. The lowest BCUT2D eigenvalue weighted by atomic mass is 10.3. The number of halogens is 1. The fraction of sp³-hybridized carbons (Fsp3) is 0. The van der Waals surface area contributed by atoms with Crippen molar-refractivity contribution in [1.29, 1.82) is 0 Å². The molecule has 0 bridgehead atoms. The van der Waals surface area contributed by atoms with Crippen LogP contribution in [0, 0.1) is 8.91 Å². The summed E-state index contributed by atoms with van der Waals surface area (Å²) in [5, 5.41) is 12.1. The summed E-state index contributed by atoms with van der Waals surface area (Å²) >= 11 is 2.08. The van der Waals surface area contributed by atoms with Crippen LogP contribution in [0.1, 0.15) is 0 Å². The van der Waals surface area contributed by atoms with Crippen LogP contribution in [0.4, 0.5) is 0 Å². The number of fused-ring (bicyclic) bond motifs is 1. The van der Waals surface area contributed by atoms with Crippen LogP contribution in [0.2, 0.25) is 0 Å². The van der Waals surface area contributed by atoms with Crippen molar-refractivity contribution in [3.05, 3.63) is 39.4 Å². The SMILES string of the molecule is [O-][n+]1cccc2ccc(I)nc21. The van der Waals surface area contributed by atoms with Crippen LogP contribution >= 0.6 is 22.6 Å². The van der Waals surface area contributed by atoms with Crippen molar-refractivity contribution in [3.63, 3.8) is 0 Å². The van der Waals surface area contributed by atoms with Crippen LogP contribution in [0.5, 0.6) is 0 Å². The number of rotatable bonds is 0. The van der Waals surface area contributed by atoms with E-state index in [1.807, 2.05) is 18.2 Å². The molecule has 2 aromatic rings. The van der Waals surface area contributed by atoms with Crippen LogP contribution in [-0.4, -0.2) is 4.98 Å². The third kappa shape index (κ3) is 1.22. The Bertz CT molecular complexity index is 430. The van der Waals surface area contributed by atoms with Gasteiger partial charge in [-0.15, -0.1) is 0 Å². The van der Waals surface area contributed by atoms with Crippen molar-refractivity contribution in [2.75, 3.05) is 0 Å². The maximum absolute atomic E-state index is 11.2. The quantitative estimate of drug-likeness (QED) is 0.315. The van der Waals surface area contributed by atoms with Crippen LogP contribution < -0.4 is 4.73 Å². The van der Waals surface area contributed by atoms with Gasteiger partial charge in [-0.25, -0.2) is 4.73 Å². The number of hydrogen-bond acceptors (Lipinski definition) is 2. The van der Waals surface area contributed by atoms with Crippen LogP contribution in [0.3, 0.4) is 0 Å². The van der Waals surface area contributed by atoms with E-state index in [1.54, 1.807) is 6.07 Å². The van der Waals surface area contributed by atoms with E-state index in [1.165, 1.54) is 6.20 Å². The summed E-state index contributed by atoms with van der Waals surface area (Å²) < 4.78 is 1.60. The monoisotopic (exact) mass is 272 g/mol. The minimum absolute atomic E-state index is 0.476. The highest BCUT2D eigenvalue weighted by Crippen LogP contribution is 2.08. The highest BCUT2D eigenvalue weighted by molar-refractivity contribution is 14.1. The lowest BCUT2D eigenvalue weighted by Crippen LogP contribution is -2.27. The molecular formula is C8H5IN2O. The topological polar surface area (TPSA) is 39.8 Å². The van der Waals surface area contributed by atoms with Crippen molar-refractivity contribution in [1.82, 2.24) is 4.98 Å². The number of pyridine rings is 2. The predicted molar refractivity (Wildman–Crippen MR) is 53.4 cm³/mol. The molecule has 2 heterocycles. The molecule has 2 rings (SSSR count). The van der Waals surface area contributed by atoms with Gasteiger partial charge in [0, 0.05) is 22.6 Å². The summed E-state index contributed by atoms with van der Waals surface area (Å²) in [5.41, 5.74) is 0.476. The van der Waals surface area contributed by atoms with E-state index in [2.05, 4.69) is 27.6 Å². The molecule has 2 aromatic heterocycles. The first-order chi connectivity index (χ1) is 5.77. The molecule has 0 aliphatic carbocycles. The number of hydrogen-bond donors (Lipinski definition) is 0. The fourth-order valence-electron chi connectivity index (χ4n) is 1.04. The fourth-order valence-corrected chi connectivity index (χ4v) is 1.45. The van der Waals surface area contributed by atoms with Gasteiger partial charge >= 0.3 is 5.65 Å². The Balaban J connectivity index is 2.88. The Morgan fingerprint density at radius 3 is 3.00 bits per heavy atom. The molecule has 0 unspecified atom stereocenters. The summed E-state index contributed by atoms with van der Waals surface area (Å²) in [4.78, 5) is 4.11. The van der Waals surface area contributed by atoms with Gasteiger partial charge in [0.1, 0.15) is 0 Å². The smallest absolute Gasteiger partial charge is 0.334 e. The van der Waals surface area contributed by atoms with Crippen molar-refractivity contribution < 1.29 is 4.73 Å². The van der Waals surface area contributed by atoms with Gasteiger partial charge in [-0.1, -0.05) is 0 Å². The van der Waals surface area contributed by atoms with Crippen LogP contribution in [-0.2, 0) is 0 Å². The van der Waals surface area contributed by atoms with E-state index in [0.29, 0.717) is 5.65 Å². The van der Waals surface area contributed by atoms with Gasteiger partial charge in [0.05, 0.1) is 11.6 Å². The van der Waals surface area contributed by atoms with Gasteiger partial charge in [0.2, 0.25) is 3.70 Å². The normalized spacial score (nSPS) is 10.4. The molecular weight excluding hydrogens is 267 g/mol. The third-order valence-corrected chi connectivity index (χ3v) is 2.18. The van der Waals surface area contributed by atoms with Crippen molar-refractivity contribution in [2.24, 2.45) is 0 Å². The minimum atomic E-state index is 0.476. The molecule has 0 atom stereocenters. The van der Waals surface area contributed by atoms with Gasteiger partial charge in [0.15, 0.2) is 0 Å². The lowest BCUT2D eigenvalue weighted by Gasteiger charge is -2.01. The summed E-state index contributed by atoms with van der Waals surface area (Å²) in [6.07, 6.45) is 1.45. The molecule has 0 aliphatic heterocycles. The van der Waals surface area contributed by atoms with E-state index < -0.39 is 0 Å². The van der Waals surface area contributed by atoms with Gasteiger partial charge in [-0.3, -0.25) is 0 Å². The van der Waals surface area contributed by atoms with E-state index in [0.717, 1.165) is 13.8 Å². The molecule has 0 saturated carbocycles. The zero-order chi connectivity index (χ0) is 8.55. The Morgan fingerprint density at radius 2 is 2.17 bits per heavy atom. The highest BCUT2D eigenvalue weighted by atomic mass is 127. The van der Waals surface area contributed by atoms with Gasteiger partial charge in [-0.2, -0.15) is 0 Å². The Labute approximate surface area is 82.8 Å². The lowest BCUT2D eigenvalue weighted by molar-refractivity contribution is -0.579. The molecule has 60 valence electrons. The molecule has 0 fully saturated rings. The molecule has 0 N–H and O–H groups in total. The average Bonchev–Trinajstić information content (AvgIpc) is 2.07. The molecule has 0 saturated heterocycles. The van der Waals surface area contributed by atoms with Gasteiger partial charge in [0.25, 0.3) is 0 Å². The van der Waals surface area contributed by atoms with Crippen molar-refractivity contribution in [3.8, 4) is 0 Å². The predicted octanol–water partition coefficient (Wildman–Crippen LogP) is 1.47. The Kier molecular flexibility index (Phi) is 1.84. The van der Waals surface area contributed by atoms with E-state index in [-0.39, 0.29) is 0 Å². The molecule has 0 aliphatic rings. The van der Waals surface area contributed by atoms with Gasteiger partial charge in [-0.05, 0) is 29.2 Å². The van der Waals surface area contributed by atoms with E-state index in [9.17, 15) is 5.21 Å². The average molecular weight is 272 g/mol. The van der Waals surface area contributed by atoms with Crippen LogP contribution in [0.25, 0.3) is 11.0 Å². The molecule has 12 heavy (non-hydrogen) atoms. The molecule has 0 amide bonds. The second-order valence-electron chi connectivity index (χ2n) is 2.38. The minimum Gasteiger partial charge on any atom is -0.710 e. The molecule has 0 spiro atoms. The summed E-state index contributed by atoms with van der Waals surface area (Å²) in [7, 11) is 0. The third-order valence-electron chi connectivity index (χ3n) is 1.58. The maximum Gasteiger partial charge on any atom is 0.334 e. The molecule has 0 radical (unpaired) electrons. The Morgan fingerprint density at radius 1 is 1.33 bits per heavy atom. The van der Waals surface area contributed by atoms with Crippen molar-refractivity contribution in [2.45, 2.75) is 0 Å². The second-order valence-corrected chi connectivity index (χ2v) is 3.49. The second kappa shape index (κ2) is 2.85. The zero-order valence-electron chi connectivity index (χ0n) is 6.07. The first-order valence-electron chi connectivity index (χ1n) is 3.42. The first-order valence-corrected chi connectivity index (χ1v) is 4.50. The van der Waals surface area contributed by atoms with E-state index >= 15 is 0 Å². The summed E-state index contributed by atoms with van der Waals surface area (Å²) in [5.74, 6) is 0. The Hall–Kier alpha value is -0.910. The van der Waals surface area contributed by atoms with E-state index in [4.69, 9.17) is 0 Å². The summed E-state index contributed by atoms with van der Waals surface area (Å²) in [6.45, 7) is 0. The number of aromatic nitrogens is 2. The largest absolute Gasteiger partial charge is 0.710 e. The maximum atomic E-state index is 11.2. The van der Waals surface area contributed by atoms with Crippen molar-refractivity contribution >= 4 is 33.6 Å². The van der Waals surface area contributed by atoms with Crippen LogP contribution in [0.15, 0.2) is 30.5 Å². The summed E-state index contributed by atoms with van der Waals surface area (Å²) in [6, 6.07) is 7.35. The standard InChI is InChI=1S/C8H5IN2O/c9-7-4-3-6-2-1-5-11(12)8(6)10-7/h1-5H. The highest BCUT2D eigenvalue weighted by Gasteiger charge is 2.04. The molecule has 3 nitrogen and oxygen atoms in total. The number of nitrogens with zero attached hydrogens (tertiary/aromatic N) is 2. The van der Waals surface area contributed by atoms with Gasteiger partial charge < -0.3 is 5.21 Å². The molecule has 4 heteroatoms.